The fourth-order valence-electron chi connectivity index (χ4n) is 5.17. The number of allylic oxidation sites excluding steroid dienone is 6. The van der Waals surface area contributed by atoms with Gasteiger partial charge in [-0.1, -0.05) is 76.4 Å². The van der Waals surface area contributed by atoms with E-state index in [1.54, 1.807) is 4.67 Å². The van der Waals surface area contributed by atoms with Crippen LogP contribution in [-0.4, -0.2) is 85.6 Å². The van der Waals surface area contributed by atoms with Crippen LogP contribution in [0.25, 0.3) is 0 Å². The molecule has 0 aromatic heterocycles. The van der Waals surface area contributed by atoms with E-state index in [0.29, 0.717) is 64.9 Å². The van der Waals surface area contributed by atoms with E-state index >= 15 is 0 Å². The van der Waals surface area contributed by atoms with Gasteiger partial charge in [0, 0.05) is 50.2 Å². The highest BCUT2D eigenvalue weighted by Gasteiger charge is 2.41. The summed E-state index contributed by atoms with van der Waals surface area (Å²) in [6, 6.07) is 0. The van der Waals surface area contributed by atoms with Crippen molar-refractivity contribution in [1.82, 2.24) is 19.5 Å². The molecule has 0 aromatic carbocycles. The molecular weight excluding hydrogens is 762 g/mol. The molecular formula is C36H68BrClN4O6P2. The minimum atomic E-state index is -3.06. The van der Waals surface area contributed by atoms with Gasteiger partial charge in [-0.05, 0) is 80.1 Å². The first-order valence-electron chi connectivity index (χ1n) is 18.3. The molecule has 0 spiro atoms. The van der Waals surface area contributed by atoms with E-state index in [9.17, 15) is 9.13 Å². The number of hydrogen-bond acceptors (Lipinski definition) is 6. The standard InChI is InChI=1S/C18H34BrN2O3P.C18H34ClN2O3P/c2*1-5-12-20-25(22)21(13-11-19)18(10-15-24-25)23-14-9-17(4)8-6-7-16(2)3/h2*7,9,18H,5-6,8,10-15H2,1-4H3,(H,20,22)/b2*17-9+. The molecule has 0 radical (unpaired) electrons. The maximum Gasteiger partial charge on any atom is 0.345 e. The zero-order chi connectivity index (χ0) is 37.4. The lowest BCUT2D eigenvalue weighted by Gasteiger charge is -2.40. The number of alkyl halides is 2. The van der Waals surface area contributed by atoms with E-state index < -0.39 is 15.3 Å². The lowest BCUT2D eigenvalue weighted by molar-refractivity contribution is -0.0427. The van der Waals surface area contributed by atoms with Gasteiger partial charge in [-0.2, -0.15) is 9.34 Å². The Morgan fingerprint density at radius 1 is 0.760 bits per heavy atom. The third-order valence-electron chi connectivity index (χ3n) is 7.98. The number of nitrogens with zero attached hydrogens (tertiary/aromatic N) is 2. The fourth-order valence-corrected chi connectivity index (χ4v) is 10.5. The molecule has 10 nitrogen and oxygen atoms in total. The molecule has 0 aliphatic carbocycles. The summed E-state index contributed by atoms with van der Waals surface area (Å²) in [6.07, 6.45) is 15.7. The average Bonchev–Trinajstić information content (AvgIpc) is 3.06. The first-order chi connectivity index (χ1) is 23.8. The van der Waals surface area contributed by atoms with Crippen LogP contribution in [-0.2, 0) is 27.7 Å². The van der Waals surface area contributed by atoms with Crippen molar-refractivity contribution in [1.29, 1.82) is 0 Å². The number of hydrogen-bond donors (Lipinski definition) is 2. The summed E-state index contributed by atoms with van der Waals surface area (Å²) in [7, 11) is -6.07. The van der Waals surface area contributed by atoms with Crippen molar-refractivity contribution in [2.75, 3.05) is 63.8 Å². The summed E-state index contributed by atoms with van der Waals surface area (Å²) in [5.41, 5.74) is 5.33. The predicted octanol–water partition coefficient (Wildman–Crippen LogP) is 10.3. The van der Waals surface area contributed by atoms with E-state index in [1.165, 1.54) is 22.3 Å². The van der Waals surface area contributed by atoms with E-state index in [-0.39, 0.29) is 12.5 Å². The second-order valence-electron chi connectivity index (χ2n) is 13.1. The molecule has 0 amide bonds. The summed E-state index contributed by atoms with van der Waals surface area (Å²) in [4.78, 5) is 0. The van der Waals surface area contributed by atoms with Crippen LogP contribution >= 0.6 is 42.9 Å². The van der Waals surface area contributed by atoms with Crippen molar-refractivity contribution < 1.29 is 27.7 Å². The highest BCUT2D eigenvalue weighted by Crippen LogP contribution is 2.52. The highest BCUT2D eigenvalue weighted by molar-refractivity contribution is 9.09. The fraction of sp³-hybridized carbons (Fsp3) is 0.778. The molecule has 50 heavy (non-hydrogen) atoms. The van der Waals surface area contributed by atoms with E-state index in [4.69, 9.17) is 30.1 Å². The summed E-state index contributed by atoms with van der Waals surface area (Å²) in [5, 5.41) is 6.86. The Kier molecular flexibility index (Phi) is 26.3. The number of halogens is 2. The second-order valence-corrected chi connectivity index (χ2v) is 18.6. The van der Waals surface area contributed by atoms with Crippen LogP contribution in [0.3, 0.4) is 0 Å². The van der Waals surface area contributed by atoms with Crippen LogP contribution in [0.15, 0.2) is 46.6 Å². The van der Waals surface area contributed by atoms with Crippen molar-refractivity contribution in [3.8, 4) is 0 Å². The smallest absolute Gasteiger partial charge is 0.345 e. The molecule has 2 aliphatic rings. The highest BCUT2D eigenvalue weighted by atomic mass is 79.9. The first kappa shape index (κ1) is 47.9. The minimum absolute atomic E-state index is 0.177. The van der Waals surface area contributed by atoms with Gasteiger partial charge in [-0.25, -0.2) is 10.2 Å². The van der Waals surface area contributed by atoms with Crippen LogP contribution in [0.2, 0.25) is 0 Å². The van der Waals surface area contributed by atoms with Crippen molar-refractivity contribution in [3.05, 3.63) is 46.6 Å². The predicted molar refractivity (Wildman–Crippen MR) is 215 cm³/mol. The maximum atomic E-state index is 13.1. The van der Waals surface area contributed by atoms with Gasteiger partial charge in [0.15, 0.2) is 0 Å². The largest absolute Gasteiger partial charge is 0.358 e. The van der Waals surface area contributed by atoms with Gasteiger partial charge in [0.2, 0.25) is 0 Å². The summed E-state index contributed by atoms with van der Waals surface area (Å²) < 4.78 is 53.0. The van der Waals surface area contributed by atoms with Gasteiger partial charge in [0.25, 0.3) is 0 Å². The molecule has 2 aliphatic heterocycles. The lowest BCUT2D eigenvalue weighted by atomic mass is 10.1. The Morgan fingerprint density at radius 2 is 1.18 bits per heavy atom. The van der Waals surface area contributed by atoms with Crippen LogP contribution in [0.5, 0.6) is 0 Å². The van der Waals surface area contributed by atoms with Crippen LogP contribution in [0, 0.1) is 0 Å². The van der Waals surface area contributed by atoms with Crippen LogP contribution in [0.4, 0.5) is 0 Å². The van der Waals surface area contributed by atoms with Crippen molar-refractivity contribution in [2.45, 2.75) is 119 Å². The van der Waals surface area contributed by atoms with Gasteiger partial charge in [0.1, 0.15) is 12.5 Å². The van der Waals surface area contributed by atoms with Gasteiger partial charge in [-0.15, -0.1) is 11.6 Å². The molecule has 14 heteroatoms. The Hall–Kier alpha value is -0.130. The Morgan fingerprint density at radius 3 is 1.54 bits per heavy atom. The summed E-state index contributed by atoms with van der Waals surface area (Å²) in [5.74, 6) is 0.387. The molecule has 2 saturated heterocycles. The molecule has 0 bridgehead atoms. The Balaban J connectivity index is 0.000000500. The molecule has 4 atom stereocenters. The third-order valence-corrected chi connectivity index (χ3v) is 13.1. The van der Waals surface area contributed by atoms with Crippen molar-refractivity contribution in [3.63, 3.8) is 0 Å². The molecule has 2 heterocycles. The molecule has 0 saturated carbocycles. The van der Waals surface area contributed by atoms with Crippen LogP contribution < -0.4 is 10.2 Å². The van der Waals surface area contributed by atoms with Gasteiger partial charge in [-0.3, -0.25) is 9.13 Å². The molecule has 2 rings (SSSR count). The van der Waals surface area contributed by atoms with E-state index in [2.05, 4.69) is 98.9 Å². The molecule has 4 unspecified atom stereocenters. The van der Waals surface area contributed by atoms with Crippen molar-refractivity contribution in [2.24, 2.45) is 0 Å². The van der Waals surface area contributed by atoms with Crippen LogP contribution in [0.1, 0.15) is 107 Å². The maximum absolute atomic E-state index is 13.1. The summed E-state index contributed by atoms with van der Waals surface area (Å²) in [6.45, 7) is 21.2. The molecule has 2 N–H and O–H groups in total. The molecule has 292 valence electrons. The zero-order valence-corrected chi connectivity index (χ0v) is 36.3. The topological polar surface area (TPSA) is 102 Å². The van der Waals surface area contributed by atoms with Gasteiger partial charge >= 0.3 is 15.3 Å². The normalized spacial score (nSPS) is 25.2. The molecule has 2 fully saturated rings. The van der Waals surface area contributed by atoms with Gasteiger partial charge < -0.3 is 18.5 Å². The number of nitrogens with one attached hydrogen (secondary N) is 2. The van der Waals surface area contributed by atoms with Crippen molar-refractivity contribution >= 4 is 42.9 Å². The van der Waals surface area contributed by atoms with E-state index in [0.717, 1.165) is 50.3 Å². The SMILES string of the molecule is CCCNP1(=O)OCCC(OC/C=C(\C)CCC=C(C)C)N1CCBr.CCCNP1(=O)OCCC(OC/C=C(\C)CCC=C(C)C)N1CCCl. The Bertz CT molecular complexity index is 1080. The number of rotatable bonds is 22. The average molecular weight is 830 g/mol. The second kappa shape index (κ2) is 27.5. The lowest BCUT2D eigenvalue weighted by Crippen LogP contribution is -2.44. The quantitative estimate of drug-likeness (QED) is 0.0623. The Labute approximate surface area is 318 Å². The minimum Gasteiger partial charge on any atom is -0.358 e. The summed E-state index contributed by atoms with van der Waals surface area (Å²) >= 11 is 9.35. The molecule has 0 aromatic rings. The zero-order valence-electron chi connectivity index (χ0n) is 32.2. The first-order valence-corrected chi connectivity index (χ1v) is 23.1. The van der Waals surface area contributed by atoms with E-state index in [1.807, 2.05) is 11.6 Å². The van der Waals surface area contributed by atoms with Gasteiger partial charge in [0.05, 0.1) is 26.4 Å². The number of ether oxygens (including phenoxy) is 2. The third kappa shape index (κ3) is 19.3. The monoisotopic (exact) mass is 828 g/mol.